The first-order valence-corrected chi connectivity index (χ1v) is 5.42. The van der Waals surface area contributed by atoms with Gasteiger partial charge in [0.2, 0.25) is 0 Å². The van der Waals surface area contributed by atoms with Crippen LogP contribution in [0, 0.1) is 10.1 Å². The van der Waals surface area contributed by atoms with Crippen LogP contribution < -0.4 is 10.6 Å². The van der Waals surface area contributed by atoms with E-state index in [-0.39, 0.29) is 35.8 Å². The number of nitrogens with zero attached hydrogens (tertiary/aromatic N) is 1. The number of carbonyl (C=O) groups is 2. The Morgan fingerprint density at radius 2 is 2.11 bits per heavy atom. The number of rotatable bonds is 6. The molecule has 0 heterocycles. The first-order chi connectivity index (χ1) is 8.95. The average molecular weight is 267 g/mol. The van der Waals surface area contributed by atoms with E-state index >= 15 is 0 Å². The van der Waals surface area contributed by atoms with E-state index in [0.29, 0.717) is 0 Å². The summed E-state index contributed by atoms with van der Waals surface area (Å²) in [4.78, 5) is 32.0. The second-order valence-electron chi connectivity index (χ2n) is 3.64. The molecular weight excluding hydrogens is 254 g/mol. The molecule has 1 aromatic carbocycles. The molecule has 0 radical (unpaired) electrons. The Labute approximate surface area is 108 Å². The standard InChI is InChI=1S/C11H13N3O5/c1-12-11(17)7-2-3-9(14(18)19)8(6-7)13-5-4-10(15)16/h2-3,6,13H,4-5H2,1H3,(H,12,17)(H,15,16). The molecule has 0 aromatic heterocycles. The minimum atomic E-state index is -1.02. The van der Waals surface area contributed by atoms with Gasteiger partial charge in [-0.25, -0.2) is 0 Å². The number of aliphatic carboxylic acids is 1. The number of amides is 1. The molecular formula is C11H13N3O5. The molecule has 8 nitrogen and oxygen atoms in total. The van der Waals surface area contributed by atoms with Crippen LogP contribution in [0.25, 0.3) is 0 Å². The van der Waals surface area contributed by atoms with Crippen molar-refractivity contribution in [2.75, 3.05) is 18.9 Å². The number of nitro groups is 1. The molecule has 1 aromatic rings. The Hall–Kier alpha value is -2.64. The van der Waals surface area contributed by atoms with E-state index < -0.39 is 10.9 Å². The predicted octanol–water partition coefficient (Wildman–Crippen LogP) is 0.841. The van der Waals surface area contributed by atoms with Crippen molar-refractivity contribution in [3.63, 3.8) is 0 Å². The van der Waals surface area contributed by atoms with Gasteiger partial charge in [0.25, 0.3) is 11.6 Å². The number of anilines is 1. The SMILES string of the molecule is CNC(=O)c1ccc([N+](=O)[O-])c(NCCC(=O)O)c1. The maximum atomic E-state index is 11.4. The van der Waals surface area contributed by atoms with E-state index in [2.05, 4.69) is 10.6 Å². The van der Waals surface area contributed by atoms with Crippen LogP contribution in [0.15, 0.2) is 18.2 Å². The van der Waals surface area contributed by atoms with Crippen molar-refractivity contribution in [1.29, 1.82) is 0 Å². The number of hydrogen-bond acceptors (Lipinski definition) is 5. The Bertz CT molecular complexity index is 515. The van der Waals surface area contributed by atoms with Crippen molar-refractivity contribution in [3.05, 3.63) is 33.9 Å². The summed E-state index contributed by atoms with van der Waals surface area (Å²) in [6, 6.07) is 3.85. The molecule has 0 saturated heterocycles. The summed E-state index contributed by atoms with van der Waals surface area (Å²) in [6.07, 6.45) is -0.179. The highest BCUT2D eigenvalue weighted by Crippen LogP contribution is 2.25. The maximum Gasteiger partial charge on any atom is 0.305 e. The third-order valence-electron chi connectivity index (χ3n) is 2.34. The van der Waals surface area contributed by atoms with Crippen LogP contribution in [0.2, 0.25) is 0 Å². The van der Waals surface area contributed by atoms with Gasteiger partial charge in [0.15, 0.2) is 0 Å². The topological polar surface area (TPSA) is 122 Å². The smallest absolute Gasteiger partial charge is 0.305 e. The van der Waals surface area contributed by atoms with Crippen LogP contribution in [0.5, 0.6) is 0 Å². The fourth-order valence-corrected chi connectivity index (χ4v) is 1.43. The molecule has 0 unspecified atom stereocenters. The lowest BCUT2D eigenvalue weighted by Gasteiger charge is -2.07. The molecule has 1 amide bonds. The van der Waals surface area contributed by atoms with E-state index in [9.17, 15) is 19.7 Å². The zero-order valence-electron chi connectivity index (χ0n) is 10.2. The highest BCUT2D eigenvalue weighted by molar-refractivity contribution is 5.95. The molecule has 1 rings (SSSR count). The summed E-state index contributed by atoms with van der Waals surface area (Å²) >= 11 is 0. The minimum absolute atomic E-state index is 0.0351. The second-order valence-corrected chi connectivity index (χ2v) is 3.64. The minimum Gasteiger partial charge on any atom is -0.481 e. The fraction of sp³-hybridized carbons (Fsp3) is 0.273. The molecule has 0 spiro atoms. The number of benzene rings is 1. The highest BCUT2D eigenvalue weighted by Gasteiger charge is 2.16. The second kappa shape index (κ2) is 6.34. The fourth-order valence-electron chi connectivity index (χ4n) is 1.43. The first-order valence-electron chi connectivity index (χ1n) is 5.42. The molecule has 0 fully saturated rings. The highest BCUT2D eigenvalue weighted by atomic mass is 16.6. The Morgan fingerprint density at radius 3 is 2.63 bits per heavy atom. The van der Waals surface area contributed by atoms with Crippen LogP contribution in [0.1, 0.15) is 16.8 Å². The third-order valence-corrected chi connectivity index (χ3v) is 2.34. The molecule has 102 valence electrons. The van der Waals surface area contributed by atoms with E-state index in [1.165, 1.54) is 25.2 Å². The molecule has 0 aliphatic carbocycles. The van der Waals surface area contributed by atoms with E-state index in [1.807, 2.05) is 0 Å². The summed E-state index contributed by atoms with van der Waals surface area (Å²) in [5, 5.41) is 24.4. The third kappa shape index (κ3) is 3.95. The normalized spacial score (nSPS) is 9.74. The van der Waals surface area contributed by atoms with Crippen LogP contribution in [0.4, 0.5) is 11.4 Å². The van der Waals surface area contributed by atoms with E-state index in [4.69, 9.17) is 5.11 Å². The molecule has 0 aliphatic heterocycles. The van der Waals surface area contributed by atoms with E-state index in [1.54, 1.807) is 0 Å². The number of nitro benzene ring substituents is 1. The lowest BCUT2D eigenvalue weighted by Crippen LogP contribution is -2.18. The first kappa shape index (κ1) is 14.4. The van der Waals surface area contributed by atoms with Gasteiger partial charge < -0.3 is 15.7 Å². The summed E-state index contributed by atoms with van der Waals surface area (Å²) in [6.45, 7) is 0.0351. The van der Waals surface area contributed by atoms with Crippen LogP contribution in [-0.4, -0.2) is 35.5 Å². The monoisotopic (exact) mass is 267 g/mol. The number of nitrogens with one attached hydrogen (secondary N) is 2. The molecule has 8 heteroatoms. The number of carbonyl (C=O) groups excluding carboxylic acids is 1. The van der Waals surface area contributed by atoms with Crippen molar-refractivity contribution in [2.24, 2.45) is 0 Å². The lowest BCUT2D eigenvalue weighted by molar-refractivity contribution is -0.384. The summed E-state index contributed by atoms with van der Waals surface area (Å²) in [5.41, 5.74) is 0.163. The van der Waals surface area contributed by atoms with Crippen molar-refractivity contribution in [3.8, 4) is 0 Å². The van der Waals surface area contributed by atoms with Gasteiger partial charge in [0.1, 0.15) is 5.69 Å². The Balaban J connectivity index is 2.98. The Kier molecular flexibility index (Phi) is 4.81. The predicted molar refractivity (Wildman–Crippen MR) is 67.2 cm³/mol. The van der Waals surface area contributed by atoms with Gasteiger partial charge in [0.05, 0.1) is 11.3 Å². The maximum absolute atomic E-state index is 11.4. The van der Waals surface area contributed by atoms with Crippen molar-refractivity contribution in [1.82, 2.24) is 5.32 Å². The van der Waals surface area contributed by atoms with Gasteiger partial charge in [-0.05, 0) is 12.1 Å². The van der Waals surface area contributed by atoms with Crippen molar-refractivity contribution < 1.29 is 19.6 Å². The molecule has 0 aliphatic rings. The van der Waals surface area contributed by atoms with E-state index in [0.717, 1.165) is 0 Å². The molecule has 19 heavy (non-hydrogen) atoms. The quantitative estimate of drug-likeness (QED) is 0.518. The van der Waals surface area contributed by atoms with Gasteiger partial charge in [-0.3, -0.25) is 19.7 Å². The van der Waals surface area contributed by atoms with Gasteiger partial charge in [-0.2, -0.15) is 0 Å². The van der Waals surface area contributed by atoms with Crippen molar-refractivity contribution >= 4 is 23.3 Å². The number of hydrogen-bond donors (Lipinski definition) is 3. The van der Waals surface area contributed by atoms with Crippen molar-refractivity contribution in [2.45, 2.75) is 6.42 Å². The molecule has 0 saturated carbocycles. The van der Waals surface area contributed by atoms with Crippen LogP contribution in [0.3, 0.4) is 0 Å². The van der Waals surface area contributed by atoms with Crippen LogP contribution in [-0.2, 0) is 4.79 Å². The summed E-state index contributed by atoms with van der Waals surface area (Å²) in [5.74, 6) is -1.39. The number of carboxylic acids is 1. The van der Waals surface area contributed by atoms with Gasteiger partial charge in [-0.15, -0.1) is 0 Å². The zero-order valence-corrected chi connectivity index (χ0v) is 10.2. The van der Waals surface area contributed by atoms with Gasteiger partial charge >= 0.3 is 5.97 Å². The Morgan fingerprint density at radius 1 is 1.42 bits per heavy atom. The number of carboxylic acid groups (broad SMARTS) is 1. The lowest BCUT2D eigenvalue weighted by atomic mass is 10.1. The molecule has 3 N–H and O–H groups in total. The molecule has 0 bridgehead atoms. The zero-order chi connectivity index (χ0) is 14.4. The molecule has 0 atom stereocenters. The van der Waals surface area contributed by atoms with Gasteiger partial charge in [-0.1, -0.05) is 0 Å². The summed E-state index contributed by atoms with van der Waals surface area (Å²) in [7, 11) is 1.45. The average Bonchev–Trinajstić information content (AvgIpc) is 2.37. The van der Waals surface area contributed by atoms with Gasteiger partial charge in [0, 0.05) is 25.2 Å². The van der Waals surface area contributed by atoms with Crippen LogP contribution >= 0.6 is 0 Å². The summed E-state index contributed by atoms with van der Waals surface area (Å²) < 4.78 is 0. The largest absolute Gasteiger partial charge is 0.481 e.